The topological polar surface area (TPSA) is 76.7 Å². The predicted octanol–water partition coefficient (Wildman–Crippen LogP) is 2.86. The fourth-order valence-corrected chi connectivity index (χ4v) is 2.85. The highest BCUT2D eigenvalue weighted by atomic mass is 35.5. The number of quaternary nitrogens is 1. The molecule has 0 aromatic heterocycles. The van der Waals surface area contributed by atoms with Crippen LogP contribution in [-0.2, 0) is 11.3 Å². The second-order valence-corrected chi connectivity index (χ2v) is 6.69. The van der Waals surface area contributed by atoms with E-state index in [2.05, 4.69) is 5.32 Å². The molecule has 1 atom stereocenters. The molecule has 2 N–H and O–H groups in total. The monoisotopic (exact) mass is 382 g/mol. The van der Waals surface area contributed by atoms with Gasteiger partial charge in [-0.15, -0.1) is 0 Å². The Labute approximate surface area is 155 Å². The minimum absolute atomic E-state index is 0.0606. The Balaban J connectivity index is 2.00. The molecule has 0 saturated heterocycles. The lowest BCUT2D eigenvalue weighted by atomic mass is 10.2. The van der Waals surface area contributed by atoms with Crippen molar-refractivity contribution in [1.82, 2.24) is 0 Å². The molecule has 0 fully saturated rings. The summed E-state index contributed by atoms with van der Waals surface area (Å²) in [7, 11) is 1.87. The first-order valence-electron chi connectivity index (χ1n) is 7.56. The second kappa shape index (κ2) is 8.29. The predicted molar refractivity (Wildman–Crippen MR) is 98.4 cm³/mol. The molecule has 8 heteroatoms. The number of likely N-dealkylation sites (N-methyl/N-ethyl adjacent to an activating group) is 1. The summed E-state index contributed by atoms with van der Waals surface area (Å²) in [4.78, 5) is 23.5. The minimum Gasteiger partial charge on any atom is -0.326 e. The van der Waals surface area contributed by atoms with Gasteiger partial charge in [-0.3, -0.25) is 14.9 Å². The number of carbonyl (C=O) groups is 1. The number of carbonyl (C=O) groups excluding carboxylic acids is 1. The normalized spacial score (nSPS) is 11.8. The minimum atomic E-state index is -0.491. The number of amides is 1. The fourth-order valence-electron chi connectivity index (χ4n) is 2.38. The average molecular weight is 383 g/mol. The van der Waals surface area contributed by atoms with E-state index in [4.69, 9.17) is 23.2 Å². The van der Waals surface area contributed by atoms with Gasteiger partial charge in [0.15, 0.2) is 6.54 Å². The molecule has 0 spiro atoms. The molecule has 0 saturated carbocycles. The molecule has 2 aromatic rings. The summed E-state index contributed by atoms with van der Waals surface area (Å²) >= 11 is 12.0. The summed E-state index contributed by atoms with van der Waals surface area (Å²) in [5.41, 5.74) is 2.03. The molecule has 1 amide bonds. The number of rotatable bonds is 6. The van der Waals surface area contributed by atoms with Gasteiger partial charge in [0, 0.05) is 22.7 Å². The molecular formula is C17H18Cl2N3O3+. The van der Waals surface area contributed by atoms with Gasteiger partial charge in [0.25, 0.3) is 11.6 Å². The van der Waals surface area contributed by atoms with Gasteiger partial charge < -0.3 is 10.2 Å². The van der Waals surface area contributed by atoms with E-state index in [9.17, 15) is 14.9 Å². The van der Waals surface area contributed by atoms with E-state index in [1.54, 1.807) is 25.1 Å². The van der Waals surface area contributed by atoms with Crippen LogP contribution >= 0.6 is 23.2 Å². The number of nitro benzene ring substituents is 1. The first-order valence-corrected chi connectivity index (χ1v) is 8.32. The van der Waals surface area contributed by atoms with E-state index in [0.717, 1.165) is 16.0 Å². The SMILES string of the molecule is Cc1ccc([N+](=O)[O-])cc1NC(=O)C[NH+](C)Cc1ccc(Cl)cc1Cl. The first-order chi connectivity index (χ1) is 11.8. The molecule has 0 aliphatic carbocycles. The third kappa shape index (κ3) is 5.42. The Morgan fingerprint density at radius 2 is 1.96 bits per heavy atom. The van der Waals surface area contributed by atoms with Crippen molar-refractivity contribution in [2.45, 2.75) is 13.5 Å². The maximum atomic E-state index is 12.2. The fraction of sp³-hybridized carbons (Fsp3) is 0.235. The Morgan fingerprint density at radius 3 is 2.60 bits per heavy atom. The number of nitro groups is 1. The molecule has 2 rings (SSSR count). The number of halogens is 2. The van der Waals surface area contributed by atoms with Crippen molar-refractivity contribution in [3.63, 3.8) is 0 Å². The van der Waals surface area contributed by atoms with Crippen LogP contribution in [0.15, 0.2) is 36.4 Å². The molecule has 132 valence electrons. The molecule has 2 aromatic carbocycles. The Bertz CT molecular complexity index is 812. The molecule has 6 nitrogen and oxygen atoms in total. The lowest BCUT2D eigenvalue weighted by Gasteiger charge is -2.15. The van der Waals surface area contributed by atoms with Gasteiger partial charge in [-0.1, -0.05) is 35.3 Å². The molecule has 0 heterocycles. The summed E-state index contributed by atoms with van der Waals surface area (Å²) in [5.74, 6) is -0.230. The highest BCUT2D eigenvalue weighted by Gasteiger charge is 2.15. The van der Waals surface area contributed by atoms with Crippen LogP contribution in [0, 0.1) is 17.0 Å². The third-order valence-corrected chi connectivity index (χ3v) is 4.26. The van der Waals surface area contributed by atoms with E-state index in [1.807, 2.05) is 13.1 Å². The van der Waals surface area contributed by atoms with Crippen LogP contribution in [-0.4, -0.2) is 24.4 Å². The van der Waals surface area contributed by atoms with Crippen LogP contribution in [0.3, 0.4) is 0 Å². The lowest BCUT2D eigenvalue weighted by Crippen LogP contribution is -3.08. The van der Waals surface area contributed by atoms with Crippen molar-refractivity contribution < 1.29 is 14.6 Å². The van der Waals surface area contributed by atoms with Gasteiger partial charge in [-0.25, -0.2) is 0 Å². The molecular weight excluding hydrogens is 365 g/mol. The Morgan fingerprint density at radius 1 is 1.24 bits per heavy atom. The van der Waals surface area contributed by atoms with Crippen LogP contribution in [0.4, 0.5) is 11.4 Å². The maximum absolute atomic E-state index is 12.2. The molecule has 0 bridgehead atoms. The number of nitrogens with one attached hydrogen (secondary N) is 2. The van der Waals surface area contributed by atoms with Crippen molar-refractivity contribution in [2.24, 2.45) is 0 Å². The van der Waals surface area contributed by atoms with E-state index in [0.29, 0.717) is 22.3 Å². The molecule has 1 unspecified atom stereocenters. The van der Waals surface area contributed by atoms with Crippen molar-refractivity contribution >= 4 is 40.5 Å². The summed E-state index contributed by atoms with van der Waals surface area (Å²) in [6, 6.07) is 9.62. The summed E-state index contributed by atoms with van der Waals surface area (Å²) < 4.78 is 0. The molecule has 0 aliphatic rings. The standard InChI is InChI=1S/C17H17Cl2N3O3/c1-11-3-6-14(22(24)25)8-16(11)20-17(23)10-21(2)9-12-4-5-13(18)7-15(12)19/h3-8H,9-10H2,1-2H3,(H,20,23)/p+1. The third-order valence-electron chi connectivity index (χ3n) is 3.68. The Kier molecular flexibility index (Phi) is 6.36. The van der Waals surface area contributed by atoms with Crippen LogP contribution in [0.25, 0.3) is 0 Å². The van der Waals surface area contributed by atoms with Crippen LogP contribution < -0.4 is 10.2 Å². The van der Waals surface area contributed by atoms with Gasteiger partial charge >= 0.3 is 0 Å². The highest BCUT2D eigenvalue weighted by Crippen LogP contribution is 2.22. The lowest BCUT2D eigenvalue weighted by molar-refractivity contribution is -0.885. The van der Waals surface area contributed by atoms with E-state index in [1.165, 1.54) is 12.1 Å². The van der Waals surface area contributed by atoms with Crippen LogP contribution in [0.1, 0.15) is 11.1 Å². The number of hydrogen-bond donors (Lipinski definition) is 2. The summed E-state index contributed by atoms with van der Waals surface area (Å²) in [6.07, 6.45) is 0. The quantitative estimate of drug-likeness (QED) is 0.595. The highest BCUT2D eigenvalue weighted by molar-refractivity contribution is 6.35. The number of benzene rings is 2. The van der Waals surface area contributed by atoms with Gasteiger partial charge in [0.2, 0.25) is 0 Å². The zero-order chi connectivity index (χ0) is 18.6. The number of aryl methyl sites for hydroxylation is 1. The number of nitrogens with zero attached hydrogens (tertiary/aromatic N) is 1. The zero-order valence-corrected chi connectivity index (χ0v) is 15.3. The van der Waals surface area contributed by atoms with Crippen LogP contribution in [0.5, 0.6) is 0 Å². The average Bonchev–Trinajstić information content (AvgIpc) is 2.52. The molecule has 0 aliphatic heterocycles. The van der Waals surface area contributed by atoms with Crippen molar-refractivity contribution in [2.75, 3.05) is 18.9 Å². The zero-order valence-electron chi connectivity index (χ0n) is 13.8. The summed E-state index contributed by atoms with van der Waals surface area (Å²) in [6.45, 7) is 2.53. The smallest absolute Gasteiger partial charge is 0.279 e. The van der Waals surface area contributed by atoms with Crippen molar-refractivity contribution in [1.29, 1.82) is 0 Å². The second-order valence-electron chi connectivity index (χ2n) is 5.85. The van der Waals surface area contributed by atoms with Crippen LogP contribution in [0.2, 0.25) is 10.0 Å². The molecule has 25 heavy (non-hydrogen) atoms. The first kappa shape index (κ1) is 19.2. The largest absolute Gasteiger partial charge is 0.326 e. The number of anilines is 1. The van der Waals surface area contributed by atoms with Gasteiger partial charge in [0.1, 0.15) is 6.54 Å². The van der Waals surface area contributed by atoms with Gasteiger partial charge in [-0.2, -0.15) is 0 Å². The van der Waals surface area contributed by atoms with Gasteiger partial charge in [-0.05, 0) is 24.6 Å². The van der Waals surface area contributed by atoms with E-state index >= 15 is 0 Å². The van der Waals surface area contributed by atoms with E-state index < -0.39 is 4.92 Å². The summed E-state index contributed by atoms with van der Waals surface area (Å²) in [5, 5.41) is 14.7. The van der Waals surface area contributed by atoms with E-state index in [-0.39, 0.29) is 18.1 Å². The van der Waals surface area contributed by atoms with Crippen molar-refractivity contribution in [3.05, 3.63) is 67.7 Å². The number of non-ortho nitro benzene ring substituents is 1. The van der Waals surface area contributed by atoms with Gasteiger partial charge in [0.05, 0.1) is 22.7 Å². The maximum Gasteiger partial charge on any atom is 0.279 e. The van der Waals surface area contributed by atoms with Crippen molar-refractivity contribution in [3.8, 4) is 0 Å². The molecule has 0 radical (unpaired) electrons. The Hall–Kier alpha value is -2.15. The number of hydrogen-bond acceptors (Lipinski definition) is 3.